The van der Waals surface area contributed by atoms with Crippen molar-refractivity contribution in [2.45, 2.75) is 6.42 Å². The van der Waals surface area contributed by atoms with E-state index in [4.69, 9.17) is 0 Å². The average Bonchev–Trinajstić information content (AvgIpc) is 2.35. The molecule has 0 heterocycles. The molecule has 0 aliphatic heterocycles. The minimum Gasteiger partial charge on any atom is -0.513 e. The SMILES string of the molecule is C=C(O)C1C2C=CC=CC2CC2C=CC=CC21. The third-order valence-electron chi connectivity index (χ3n) is 4.35. The molecule has 1 saturated carbocycles. The fraction of sp³-hybridized carbons (Fsp3) is 0.375. The van der Waals surface area contributed by atoms with E-state index in [1.807, 2.05) is 0 Å². The molecule has 0 bridgehead atoms. The first kappa shape index (κ1) is 10.6. The summed E-state index contributed by atoms with van der Waals surface area (Å²) in [7, 11) is 0. The zero-order chi connectivity index (χ0) is 11.8. The molecule has 4 unspecified atom stereocenters. The number of aliphatic hydroxyl groups excluding tert-OH is 1. The molecule has 17 heavy (non-hydrogen) atoms. The Hall–Kier alpha value is -1.50. The van der Waals surface area contributed by atoms with Crippen molar-refractivity contribution in [2.75, 3.05) is 0 Å². The third kappa shape index (κ3) is 1.70. The predicted molar refractivity (Wildman–Crippen MR) is 70.4 cm³/mol. The zero-order valence-electron chi connectivity index (χ0n) is 9.87. The molecule has 1 fully saturated rings. The molecule has 0 spiro atoms. The molecule has 0 saturated heterocycles. The van der Waals surface area contributed by atoms with Gasteiger partial charge in [-0.2, -0.15) is 0 Å². The van der Waals surface area contributed by atoms with E-state index in [-0.39, 0.29) is 5.92 Å². The topological polar surface area (TPSA) is 20.2 Å². The average molecular weight is 226 g/mol. The fourth-order valence-corrected chi connectivity index (χ4v) is 3.60. The summed E-state index contributed by atoms with van der Waals surface area (Å²) in [6.45, 7) is 3.80. The van der Waals surface area contributed by atoms with Crippen LogP contribution < -0.4 is 0 Å². The number of allylic oxidation sites excluding steroid dienone is 9. The van der Waals surface area contributed by atoms with Crippen molar-refractivity contribution in [1.29, 1.82) is 0 Å². The highest BCUT2D eigenvalue weighted by molar-refractivity contribution is 5.26. The second-order valence-electron chi connectivity index (χ2n) is 5.27. The number of hydrogen-bond acceptors (Lipinski definition) is 1. The van der Waals surface area contributed by atoms with Crippen LogP contribution in [-0.2, 0) is 0 Å². The molecule has 1 N–H and O–H groups in total. The van der Waals surface area contributed by atoms with Crippen LogP contribution in [0.5, 0.6) is 0 Å². The summed E-state index contributed by atoms with van der Waals surface area (Å²) in [5, 5.41) is 9.94. The number of fused-ring (bicyclic) bond motifs is 2. The van der Waals surface area contributed by atoms with E-state index in [1.54, 1.807) is 0 Å². The van der Waals surface area contributed by atoms with E-state index < -0.39 is 0 Å². The standard InChI is InChI=1S/C16H18O/c1-11(17)16-14-8-4-2-6-12(14)10-13-7-3-5-9-15(13)16/h2-9,12-17H,1,10H2. The molecular formula is C16H18O. The van der Waals surface area contributed by atoms with Crippen molar-refractivity contribution in [3.8, 4) is 0 Å². The number of hydrogen-bond donors (Lipinski definition) is 1. The highest BCUT2D eigenvalue weighted by Crippen LogP contribution is 2.48. The van der Waals surface area contributed by atoms with Crippen LogP contribution >= 0.6 is 0 Å². The van der Waals surface area contributed by atoms with Gasteiger partial charge in [-0.15, -0.1) is 0 Å². The smallest absolute Gasteiger partial charge is 0.0894 e. The van der Waals surface area contributed by atoms with Crippen LogP contribution in [0.4, 0.5) is 0 Å². The van der Waals surface area contributed by atoms with Gasteiger partial charge in [0.15, 0.2) is 0 Å². The van der Waals surface area contributed by atoms with Gasteiger partial charge in [0.05, 0.1) is 5.76 Å². The summed E-state index contributed by atoms with van der Waals surface area (Å²) in [6, 6.07) is 0. The van der Waals surface area contributed by atoms with Gasteiger partial charge in [0.1, 0.15) is 0 Å². The molecule has 3 aliphatic carbocycles. The minimum atomic E-state index is 0.168. The van der Waals surface area contributed by atoms with E-state index in [1.165, 1.54) is 6.42 Å². The maximum absolute atomic E-state index is 9.94. The predicted octanol–water partition coefficient (Wildman–Crippen LogP) is 3.79. The summed E-state index contributed by atoms with van der Waals surface area (Å²) in [4.78, 5) is 0. The van der Waals surface area contributed by atoms with Crippen LogP contribution in [0.25, 0.3) is 0 Å². The van der Waals surface area contributed by atoms with Gasteiger partial charge in [0.2, 0.25) is 0 Å². The van der Waals surface area contributed by atoms with Crippen LogP contribution in [0.3, 0.4) is 0 Å². The highest BCUT2D eigenvalue weighted by Gasteiger charge is 2.43. The Labute approximate surface area is 103 Å². The van der Waals surface area contributed by atoms with Crippen LogP contribution in [-0.4, -0.2) is 5.11 Å². The fourth-order valence-electron chi connectivity index (χ4n) is 3.60. The lowest BCUT2D eigenvalue weighted by Gasteiger charge is -2.45. The molecule has 1 heteroatoms. The highest BCUT2D eigenvalue weighted by atomic mass is 16.3. The van der Waals surface area contributed by atoms with E-state index in [0.29, 0.717) is 29.4 Å². The Morgan fingerprint density at radius 3 is 1.82 bits per heavy atom. The Balaban J connectivity index is 1.97. The molecule has 0 amide bonds. The molecule has 0 aromatic carbocycles. The second kappa shape index (κ2) is 4.06. The van der Waals surface area contributed by atoms with E-state index >= 15 is 0 Å². The normalized spacial score (nSPS) is 42.0. The van der Waals surface area contributed by atoms with Crippen molar-refractivity contribution in [3.05, 3.63) is 60.9 Å². The van der Waals surface area contributed by atoms with Gasteiger partial charge >= 0.3 is 0 Å². The van der Waals surface area contributed by atoms with Gasteiger partial charge in [-0.25, -0.2) is 0 Å². The lowest BCUT2D eigenvalue weighted by Crippen LogP contribution is -2.39. The molecule has 1 nitrogen and oxygen atoms in total. The second-order valence-corrected chi connectivity index (χ2v) is 5.27. The zero-order valence-corrected chi connectivity index (χ0v) is 9.87. The molecular weight excluding hydrogens is 208 g/mol. The van der Waals surface area contributed by atoms with Crippen LogP contribution in [0.15, 0.2) is 60.9 Å². The van der Waals surface area contributed by atoms with Gasteiger partial charge in [-0.1, -0.05) is 55.2 Å². The minimum absolute atomic E-state index is 0.168. The molecule has 0 radical (unpaired) electrons. The number of aliphatic hydroxyl groups is 1. The van der Waals surface area contributed by atoms with Crippen LogP contribution in [0, 0.1) is 29.6 Å². The van der Waals surface area contributed by atoms with Crippen LogP contribution in [0.2, 0.25) is 0 Å². The lowest BCUT2D eigenvalue weighted by atomic mass is 9.59. The monoisotopic (exact) mass is 226 g/mol. The van der Waals surface area contributed by atoms with E-state index in [0.717, 1.165) is 0 Å². The van der Waals surface area contributed by atoms with Crippen molar-refractivity contribution in [3.63, 3.8) is 0 Å². The Bertz CT molecular complexity index is 404. The Morgan fingerprint density at radius 2 is 1.35 bits per heavy atom. The molecule has 4 atom stereocenters. The summed E-state index contributed by atoms with van der Waals surface area (Å²) in [5.74, 6) is 2.43. The molecule has 88 valence electrons. The van der Waals surface area contributed by atoms with Crippen molar-refractivity contribution in [1.82, 2.24) is 0 Å². The molecule has 0 aromatic rings. The molecule has 3 aliphatic rings. The maximum atomic E-state index is 9.94. The molecule has 3 rings (SSSR count). The van der Waals surface area contributed by atoms with Gasteiger partial charge < -0.3 is 5.11 Å². The first-order chi connectivity index (χ1) is 8.27. The first-order valence-electron chi connectivity index (χ1n) is 6.35. The molecule has 0 aromatic heterocycles. The van der Waals surface area contributed by atoms with Crippen molar-refractivity contribution >= 4 is 0 Å². The Kier molecular flexibility index (Phi) is 2.54. The summed E-state index contributed by atoms with van der Waals surface area (Å²) >= 11 is 0. The van der Waals surface area contributed by atoms with Crippen LogP contribution in [0.1, 0.15) is 6.42 Å². The largest absolute Gasteiger partial charge is 0.513 e. The van der Waals surface area contributed by atoms with Crippen molar-refractivity contribution in [2.24, 2.45) is 29.6 Å². The van der Waals surface area contributed by atoms with Gasteiger partial charge in [0.25, 0.3) is 0 Å². The van der Waals surface area contributed by atoms with E-state index in [9.17, 15) is 5.11 Å². The van der Waals surface area contributed by atoms with Gasteiger partial charge in [0, 0.05) is 5.92 Å². The first-order valence-corrected chi connectivity index (χ1v) is 6.35. The lowest BCUT2D eigenvalue weighted by molar-refractivity contribution is 0.122. The summed E-state index contributed by atoms with van der Waals surface area (Å²) in [5.41, 5.74) is 0. The van der Waals surface area contributed by atoms with Crippen molar-refractivity contribution < 1.29 is 5.11 Å². The van der Waals surface area contributed by atoms with E-state index in [2.05, 4.69) is 55.2 Å². The van der Waals surface area contributed by atoms with Gasteiger partial charge in [-0.3, -0.25) is 0 Å². The third-order valence-corrected chi connectivity index (χ3v) is 4.35. The number of rotatable bonds is 1. The Morgan fingerprint density at radius 1 is 0.882 bits per heavy atom. The quantitative estimate of drug-likeness (QED) is 0.674. The summed E-state index contributed by atoms with van der Waals surface area (Å²) < 4.78 is 0. The van der Waals surface area contributed by atoms with Gasteiger partial charge in [-0.05, 0) is 30.1 Å². The summed E-state index contributed by atoms with van der Waals surface area (Å²) in [6.07, 6.45) is 18.7. The maximum Gasteiger partial charge on any atom is 0.0894 e.